The average molecular weight is 454 g/mol. The molecule has 4 rings (SSSR count). The van der Waals surface area contributed by atoms with Crippen molar-refractivity contribution in [2.24, 2.45) is 5.10 Å². The van der Waals surface area contributed by atoms with Crippen LogP contribution in [-0.4, -0.2) is 26.9 Å². The predicted octanol–water partition coefficient (Wildman–Crippen LogP) is 4.40. The van der Waals surface area contributed by atoms with Gasteiger partial charge in [-0.2, -0.15) is 10.2 Å². The number of hydrogen-bond donors (Lipinski definition) is 2. The summed E-state index contributed by atoms with van der Waals surface area (Å²) in [6.07, 6.45) is 2.89. The normalized spacial score (nSPS) is 11.4. The summed E-state index contributed by atoms with van der Waals surface area (Å²) in [4.78, 5) is 27.6. The molecule has 0 fully saturated rings. The second-order valence-corrected chi connectivity index (χ2v) is 7.90. The van der Waals surface area contributed by atoms with Crippen LogP contribution in [0.5, 0.6) is 0 Å². The molecule has 0 aliphatic carbocycles. The largest absolute Gasteiger partial charge is 0.322 e. The Bertz CT molecular complexity index is 1380. The first-order chi connectivity index (χ1) is 14.8. The van der Waals surface area contributed by atoms with Gasteiger partial charge in [0, 0.05) is 21.5 Å². The van der Waals surface area contributed by atoms with E-state index in [1.54, 1.807) is 29.8 Å². The fourth-order valence-electron chi connectivity index (χ4n) is 3.28. The summed E-state index contributed by atoms with van der Waals surface area (Å²) in [6.45, 7) is 3.72. The van der Waals surface area contributed by atoms with E-state index in [1.807, 2.05) is 25.1 Å². The number of halogens is 2. The number of pyridine rings is 1. The van der Waals surface area contributed by atoms with E-state index >= 15 is 0 Å². The van der Waals surface area contributed by atoms with E-state index < -0.39 is 5.91 Å². The van der Waals surface area contributed by atoms with E-state index in [4.69, 9.17) is 23.2 Å². The molecule has 0 saturated heterocycles. The summed E-state index contributed by atoms with van der Waals surface area (Å²) >= 11 is 11.9. The minimum absolute atomic E-state index is 0.253. The van der Waals surface area contributed by atoms with Crippen LogP contribution in [0.15, 0.2) is 58.6 Å². The fraction of sp³-hybridized carbons (Fsp3) is 0.0909. The Morgan fingerprint density at radius 1 is 1.13 bits per heavy atom. The topological polar surface area (TPSA) is 92.1 Å². The first kappa shape index (κ1) is 20.8. The van der Waals surface area contributed by atoms with E-state index in [1.165, 1.54) is 18.5 Å². The molecule has 0 unspecified atom stereocenters. The highest BCUT2D eigenvalue weighted by Crippen LogP contribution is 2.22. The van der Waals surface area contributed by atoms with Gasteiger partial charge in [-0.1, -0.05) is 34.8 Å². The number of aromatic nitrogens is 3. The molecule has 9 heteroatoms. The van der Waals surface area contributed by atoms with Crippen LogP contribution in [0.2, 0.25) is 10.0 Å². The number of carbonyl (C=O) groups excluding carboxylic acids is 1. The molecule has 31 heavy (non-hydrogen) atoms. The number of amides is 1. The van der Waals surface area contributed by atoms with Crippen molar-refractivity contribution in [2.45, 2.75) is 13.8 Å². The lowest BCUT2D eigenvalue weighted by Gasteiger charge is -2.09. The Kier molecular flexibility index (Phi) is 5.63. The third-order valence-electron chi connectivity index (χ3n) is 4.72. The molecule has 0 bridgehead atoms. The molecule has 2 heterocycles. The molecule has 0 aliphatic heterocycles. The SMILES string of the molecule is Cc1ccc2[nH]c(=O)cc(-n3ncc(C(=O)N/N=C\c4cc(Cl)cc(Cl)c4)c3C)c2c1. The van der Waals surface area contributed by atoms with Gasteiger partial charge >= 0.3 is 0 Å². The van der Waals surface area contributed by atoms with Crippen molar-refractivity contribution < 1.29 is 4.79 Å². The van der Waals surface area contributed by atoms with Crippen LogP contribution in [0.1, 0.15) is 27.2 Å². The summed E-state index contributed by atoms with van der Waals surface area (Å²) in [5.41, 5.74) is 6.11. The molecule has 0 aliphatic rings. The van der Waals surface area contributed by atoms with Crippen LogP contribution >= 0.6 is 23.2 Å². The van der Waals surface area contributed by atoms with E-state index in [0.717, 1.165) is 10.9 Å². The average Bonchev–Trinajstić information content (AvgIpc) is 3.08. The number of aryl methyl sites for hydroxylation is 1. The van der Waals surface area contributed by atoms with Crippen LogP contribution in [0.3, 0.4) is 0 Å². The Hall–Kier alpha value is -3.42. The van der Waals surface area contributed by atoms with Gasteiger partial charge in [-0.25, -0.2) is 10.1 Å². The first-order valence-corrected chi connectivity index (χ1v) is 10.1. The Morgan fingerprint density at radius 3 is 2.61 bits per heavy atom. The zero-order valence-electron chi connectivity index (χ0n) is 16.6. The highest BCUT2D eigenvalue weighted by atomic mass is 35.5. The van der Waals surface area contributed by atoms with Crippen molar-refractivity contribution in [1.82, 2.24) is 20.2 Å². The zero-order valence-corrected chi connectivity index (χ0v) is 18.1. The van der Waals surface area contributed by atoms with Gasteiger partial charge in [0.25, 0.3) is 11.5 Å². The number of aromatic amines is 1. The van der Waals surface area contributed by atoms with Crippen molar-refractivity contribution in [1.29, 1.82) is 0 Å². The van der Waals surface area contributed by atoms with Crippen LogP contribution < -0.4 is 11.0 Å². The number of fused-ring (bicyclic) bond motifs is 1. The van der Waals surface area contributed by atoms with Gasteiger partial charge < -0.3 is 4.98 Å². The third-order valence-corrected chi connectivity index (χ3v) is 5.16. The minimum atomic E-state index is -0.432. The molecule has 0 saturated carbocycles. The van der Waals surface area contributed by atoms with Gasteiger partial charge in [-0.05, 0) is 49.7 Å². The molecule has 2 aromatic carbocycles. The molecule has 0 atom stereocenters. The Morgan fingerprint density at radius 2 is 1.87 bits per heavy atom. The molecule has 0 spiro atoms. The summed E-state index contributed by atoms with van der Waals surface area (Å²) in [5.74, 6) is -0.432. The maximum atomic E-state index is 12.6. The quantitative estimate of drug-likeness (QED) is 0.354. The molecule has 156 valence electrons. The Labute approximate surface area is 187 Å². The van der Waals surface area contributed by atoms with Crippen LogP contribution in [0.25, 0.3) is 16.6 Å². The highest BCUT2D eigenvalue weighted by molar-refractivity contribution is 6.35. The number of H-pyrrole nitrogens is 1. The lowest BCUT2D eigenvalue weighted by Crippen LogP contribution is -2.18. The van der Waals surface area contributed by atoms with Gasteiger partial charge in [0.05, 0.1) is 34.9 Å². The number of hydrazone groups is 1. The summed E-state index contributed by atoms with van der Waals surface area (Å²) in [5, 5.41) is 10.1. The zero-order chi connectivity index (χ0) is 22.1. The molecule has 4 aromatic rings. The first-order valence-electron chi connectivity index (χ1n) is 9.30. The third kappa shape index (κ3) is 4.38. The van der Waals surface area contributed by atoms with Gasteiger partial charge in [0.1, 0.15) is 0 Å². The number of nitrogens with zero attached hydrogens (tertiary/aromatic N) is 3. The van der Waals surface area contributed by atoms with Crippen molar-refractivity contribution in [2.75, 3.05) is 0 Å². The molecule has 0 radical (unpaired) electrons. The maximum Gasteiger partial charge on any atom is 0.274 e. The molecule has 1 amide bonds. The molecular weight excluding hydrogens is 437 g/mol. The second-order valence-electron chi connectivity index (χ2n) is 7.03. The molecule has 2 aromatic heterocycles. The van der Waals surface area contributed by atoms with Crippen LogP contribution in [0.4, 0.5) is 0 Å². The number of carbonyl (C=O) groups is 1. The van der Waals surface area contributed by atoms with Crippen molar-refractivity contribution in [3.05, 3.63) is 91.4 Å². The van der Waals surface area contributed by atoms with Gasteiger partial charge in [0.15, 0.2) is 0 Å². The summed E-state index contributed by atoms with van der Waals surface area (Å²) in [6, 6.07) is 12.1. The minimum Gasteiger partial charge on any atom is -0.322 e. The smallest absolute Gasteiger partial charge is 0.274 e. The van der Waals surface area contributed by atoms with Gasteiger partial charge in [0.2, 0.25) is 0 Å². The van der Waals surface area contributed by atoms with E-state index in [-0.39, 0.29) is 5.56 Å². The lowest BCUT2D eigenvalue weighted by molar-refractivity contribution is 0.0954. The standard InChI is InChI=1S/C22H17Cl2N5O2/c1-12-3-4-19-17(5-12)20(9-21(30)27-19)29-13(2)18(11-26-29)22(31)28-25-10-14-6-15(23)8-16(24)7-14/h3-11H,1-2H3,(H,27,30)(H,28,31)/b25-10-. The highest BCUT2D eigenvalue weighted by Gasteiger charge is 2.17. The molecule has 2 N–H and O–H groups in total. The number of hydrogen-bond acceptors (Lipinski definition) is 4. The van der Waals surface area contributed by atoms with Crippen molar-refractivity contribution in [3.8, 4) is 5.69 Å². The van der Waals surface area contributed by atoms with E-state index in [2.05, 4.69) is 20.6 Å². The Balaban J connectivity index is 1.63. The monoisotopic (exact) mass is 453 g/mol. The molecule has 7 nitrogen and oxygen atoms in total. The maximum absolute atomic E-state index is 12.6. The number of benzene rings is 2. The van der Waals surface area contributed by atoms with Crippen molar-refractivity contribution in [3.63, 3.8) is 0 Å². The molecular formula is C22H17Cl2N5O2. The van der Waals surface area contributed by atoms with Crippen molar-refractivity contribution >= 4 is 46.2 Å². The van der Waals surface area contributed by atoms with Crippen LogP contribution in [0, 0.1) is 13.8 Å². The van der Waals surface area contributed by atoms with E-state index in [9.17, 15) is 9.59 Å². The second kappa shape index (κ2) is 8.37. The fourth-order valence-corrected chi connectivity index (χ4v) is 3.82. The predicted molar refractivity (Wildman–Crippen MR) is 123 cm³/mol. The summed E-state index contributed by atoms with van der Waals surface area (Å²) < 4.78 is 1.58. The van der Waals surface area contributed by atoms with E-state index in [0.29, 0.717) is 38.1 Å². The number of rotatable bonds is 4. The van der Waals surface area contributed by atoms with Gasteiger partial charge in [-0.15, -0.1) is 0 Å². The summed E-state index contributed by atoms with van der Waals surface area (Å²) in [7, 11) is 0. The van der Waals surface area contributed by atoms with Gasteiger partial charge in [-0.3, -0.25) is 9.59 Å². The number of nitrogens with one attached hydrogen (secondary N) is 2. The lowest BCUT2D eigenvalue weighted by atomic mass is 10.1. The van der Waals surface area contributed by atoms with Crippen LogP contribution in [-0.2, 0) is 0 Å².